The molecule has 1 heterocycles. The Hall–Kier alpha value is -0.790. The molecular formula is C26H51N2+. The first-order valence-electron chi connectivity index (χ1n) is 12.8. The van der Waals surface area contributed by atoms with Crippen LogP contribution in [0, 0.1) is 5.92 Å². The van der Waals surface area contributed by atoms with E-state index in [9.17, 15) is 0 Å². The average molecular weight is 392 g/mol. The zero-order valence-corrected chi connectivity index (χ0v) is 19.6. The number of imidazole rings is 1. The van der Waals surface area contributed by atoms with Crippen LogP contribution in [-0.2, 0) is 13.0 Å². The Labute approximate surface area is 176 Å². The molecule has 0 fully saturated rings. The van der Waals surface area contributed by atoms with Crippen molar-refractivity contribution in [2.75, 3.05) is 0 Å². The molecule has 0 saturated heterocycles. The van der Waals surface area contributed by atoms with Crippen LogP contribution in [0.1, 0.15) is 136 Å². The number of nitrogens with one attached hydrogen (secondary N) is 1. The van der Waals surface area contributed by atoms with E-state index in [1.165, 1.54) is 128 Å². The Morgan fingerprint density at radius 2 is 1.25 bits per heavy atom. The maximum absolute atomic E-state index is 3.47. The summed E-state index contributed by atoms with van der Waals surface area (Å²) < 4.78 is 2.46. The molecule has 0 aromatic carbocycles. The molecule has 2 nitrogen and oxygen atoms in total. The molecule has 2 heteroatoms. The lowest BCUT2D eigenvalue weighted by molar-refractivity contribution is -0.703. The van der Waals surface area contributed by atoms with Gasteiger partial charge in [-0.15, -0.1) is 0 Å². The highest BCUT2D eigenvalue weighted by Crippen LogP contribution is 2.13. The molecule has 0 aliphatic rings. The highest BCUT2D eigenvalue weighted by atomic mass is 15.1. The van der Waals surface area contributed by atoms with E-state index >= 15 is 0 Å². The third-order valence-corrected chi connectivity index (χ3v) is 6.05. The normalized spacial score (nSPS) is 11.6. The van der Waals surface area contributed by atoms with Crippen LogP contribution in [0.15, 0.2) is 12.4 Å². The third-order valence-electron chi connectivity index (χ3n) is 6.05. The molecule has 0 atom stereocenters. The van der Waals surface area contributed by atoms with Crippen molar-refractivity contribution in [2.45, 2.75) is 143 Å². The smallest absolute Gasteiger partial charge is 0.248 e. The molecule has 0 amide bonds. The molecule has 1 rings (SSSR count). The number of H-pyrrole nitrogens is 1. The summed E-state index contributed by atoms with van der Waals surface area (Å²) in [5.41, 5.74) is 0. The van der Waals surface area contributed by atoms with Crippen LogP contribution in [0.5, 0.6) is 0 Å². The molecule has 0 aliphatic carbocycles. The fourth-order valence-corrected chi connectivity index (χ4v) is 4.14. The van der Waals surface area contributed by atoms with Crippen molar-refractivity contribution < 1.29 is 4.57 Å². The second-order valence-corrected chi connectivity index (χ2v) is 9.34. The Balaban J connectivity index is 1.92. The quantitative estimate of drug-likeness (QED) is 0.171. The van der Waals surface area contributed by atoms with Crippen LogP contribution >= 0.6 is 0 Å². The van der Waals surface area contributed by atoms with Crippen molar-refractivity contribution >= 4 is 0 Å². The maximum atomic E-state index is 3.47. The predicted octanol–water partition coefficient (Wildman–Crippen LogP) is 8.15. The molecule has 1 N–H and O–H groups in total. The molecule has 0 bridgehead atoms. The minimum absolute atomic E-state index is 0.853. The topological polar surface area (TPSA) is 19.7 Å². The van der Waals surface area contributed by atoms with Crippen LogP contribution in [0.4, 0.5) is 0 Å². The van der Waals surface area contributed by atoms with E-state index in [0.717, 1.165) is 5.92 Å². The predicted molar refractivity (Wildman–Crippen MR) is 124 cm³/mol. The van der Waals surface area contributed by atoms with Crippen molar-refractivity contribution in [3.63, 3.8) is 0 Å². The molecule has 0 unspecified atom stereocenters. The average Bonchev–Trinajstić information content (AvgIpc) is 3.12. The Morgan fingerprint density at radius 1 is 0.714 bits per heavy atom. The van der Waals surface area contributed by atoms with Gasteiger partial charge in [-0.25, -0.2) is 9.55 Å². The minimum atomic E-state index is 0.853. The molecule has 0 aliphatic heterocycles. The van der Waals surface area contributed by atoms with Gasteiger partial charge in [-0.2, -0.15) is 0 Å². The van der Waals surface area contributed by atoms with E-state index in [2.05, 4.69) is 42.7 Å². The lowest BCUT2D eigenvalue weighted by Crippen LogP contribution is -2.36. The van der Waals surface area contributed by atoms with E-state index in [4.69, 9.17) is 0 Å². The van der Waals surface area contributed by atoms with Crippen molar-refractivity contribution in [3.8, 4) is 0 Å². The van der Waals surface area contributed by atoms with E-state index in [1.54, 1.807) is 0 Å². The largest absolute Gasteiger partial charge is 0.254 e. The fraction of sp³-hybridized carbons (Fsp3) is 0.885. The number of nitrogens with zero attached hydrogens (tertiary/aromatic N) is 1. The minimum Gasteiger partial charge on any atom is -0.248 e. The summed E-state index contributed by atoms with van der Waals surface area (Å²) in [5.74, 6) is 2.29. The van der Waals surface area contributed by atoms with Crippen molar-refractivity contribution in [3.05, 3.63) is 18.2 Å². The van der Waals surface area contributed by atoms with Gasteiger partial charge >= 0.3 is 0 Å². The van der Waals surface area contributed by atoms with E-state index < -0.39 is 0 Å². The standard InChI is InChI=1S/C26H50N2/c1-4-5-6-7-8-9-10-11-12-13-14-15-19-23-28-24-22-27-26(28)21-18-16-17-20-25(2)3/h22,24-25H,4-21,23H2,1-3H3/p+1. The maximum Gasteiger partial charge on any atom is 0.254 e. The summed E-state index contributed by atoms with van der Waals surface area (Å²) >= 11 is 0. The van der Waals surface area contributed by atoms with Gasteiger partial charge in [-0.3, -0.25) is 0 Å². The van der Waals surface area contributed by atoms with Gasteiger partial charge in [-0.1, -0.05) is 111 Å². The van der Waals surface area contributed by atoms with Gasteiger partial charge in [0.15, 0.2) is 0 Å². The van der Waals surface area contributed by atoms with Crippen LogP contribution in [0.3, 0.4) is 0 Å². The van der Waals surface area contributed by atoms with Crippen LogP contribution in [0.2, 0.25) is 0 Å². The van der Waals surface area contributed by atoms with Gasteiger partial charge in [0.25, 0.3) is 5.82 Å². The van der Waals surface area contributed by atoms with Crippen LogP contribution in [-0.4, -0.2) is 4.98 Å². The number of hydrogen-bond donors (Lipinski definition) is 1. The summed E-state index contributed by atoms with van der Waals surface area (Å²) in [6.07, 6.45) is 29.6. The summed E-state index contributed by atoms with van der Waals surface area (Å²) in [6, 6.07) is 0. The van der Waals surface area contributed by atoms with Crippen molar-refractivity contribution in [1.29, 1.82) is 0 Å². The number of rotatable bonds is 20. The summed E-state index contributed by atoms with van der Waals surface area (Å²) in [6.45, 7) is 8.15. The first-order chi connectivity index (χ1) is 13.7. The van der Waals surface area contributed by atoms with Crippen LogP contribution < -0.4 is 4.57 Å². The number of hydrogen-bond acceptors (Lipinski definition) is 0. The molecule has 0 radical (unpaired) electrons. The summed E-state index contributed by atoms with van der Waals surface area (Å²) in [7, 11) is 0. The molecule has 0 spiro atoms. The van der Waals surface area contributed by atoms with Gasteiger partial charge in [0.1, 0.15) is 12.4 Å². The molecular weight excluding hydrogens is 340 g/mol. The first kappa shape index (κ1) is 25.2. The second kappa shape index (κ2) is 18.3. The van der Waals surface area contributed by atoms with Crippen molar-refractivity contribution in [1.82, 2.24) is 4.98 Å². The lowest BCUT2D eigenvalue weighted by Gasteiger charge is -2.04. The number of aryl methyl sites for hydroxylation is 2. The molecule has 1 aromatic rings. The monoisotopic (exact) mass is 391 g/mol. The molecule has 1 aromatic heterocycles. The SMILES string of the molecule is CCCCCCCCCCCCCCC[n+]1cc[nH]c1CCCCCC(C)C. The van der Waals surface area contributed by atoms with E-state index in [-0.39, 0.29) is 0 Å². The van der Waals surface area contributed by atoms with Gasteiger partial charge in [0.2, 0.25) is 0 Å². The summed E-state index contributed by atoms with van der Waals surface area (Å²) in [4.78, 5) is 3.47. The Kier molecular flexibility index (Phi) is 16.5. The molecule has 28 heavy (non-hydrogen) atoms. The second-order valence-electron chi connectivity index (χ2n) is 9.34. The summed E-state index contributed by atoms with van der Waals surface area (Å²) in [5, 5.41) is 0. The van der Waals surface area contributed by atoms with Gasteiger partial charge in [0, 0.05) is 6.42 Å². The lowest BCUT2D eigenvalue weighted by atomic mass is 10.0. The zero-order valence-electron chi connectivity index (χ0n) is 19.6. The van der Waals surface area contributed by atoms with Crippen LogP contribution in [0.25, 0.3) is 0 Å². The fourth-order valence-electron chi connectivity index (χ4n) is 4.14. The van der Waals surface area contributed by atoms with Crippen molar-refractivity contribution in [2.24, 2.45) is 5.92 Å². The number of unbranched alkanes of at least 4 members (excludes halogenated alkanes) is 14. The highest BCUT2D eigenvalue weighted by Gasteiger charge is 2.09. The first-order valence-corrected chi connectivity index (χ1v) is 12.8. The van der Waals surface area contributed by atoms with Gasteiger partial charge < -0.3 is 0 Å². The number of aromatic amines is 1. The highest BCUT2D eigenvalue weighted by molar-refractivity contribution is 4.77. The zero-order chi connectivity index (χ0) is 20.3. The van der Waals surface area contributed by atoms with E-state index in [0.29, 0.717) is 0 Å². The van der Waals surface area contributed by atoms with Gasteiger partial charge in [-0.05, 0) is 25.2 Å². The Morgan fingerprint density at radius 3 is 1.82 bits per heavy atom. The third kappa shape index (κ3) is 14.2. The number of aromatic nitrogens is 2. The van der Waals surface area contributed by atoms with E-state index in [1.807, 2.05) is 0 Å². The molecule has 0 saturated carbocycles. The van der Waals surface area contributed by atoms with Gasteiger partial charge in [0.05, 0.1) is 6.54 Å². The molecule has 164 valence electrons. The Bertz CT molecular complexity index is 435.